The van der Waals surface area contributed by atoms with Gasteiger partial charge >= 0.3 is 5.97 Å². The van der Waals surface area contributed by atoms with E-state index >= 15 is 0 Å². The summed E-state index contributed by atoms with van der Waals surface area (Å²) in [4.78, 5) is 21.6. The molecule has 84 valence electrons. The number of fused-ring (bicyclic) bond motifs is 1. The fraction of sp³-hybridized carbons (Fsp3) is 0.300. The average molecular weight is 237 g/mol. The molecule has 0 saturated carbocycles. The molecule has 2 aromatic rings. The number of anilines is 1. The van der Waals surface area contributed by atoms with E-state index in [4.69, 9.17) is 5.11 Å². The Morgan fingerprint density at radius 3 is 3.12 bits per heavy atom. The van der Waals surface area contributed by atoms with E-state index in [9.17, 15) is 4.79 Å². The van der Waals surface area contributed by atoms with Gasteiger partial charge in [-0.25, -0.2) is 9.97 Å². The van der Waals surface area contributed by atoms with Gasteiger partial charge in [0.1, 0.15) is 17.0 Å². The number of hydrogen-bond acceptors (Lipinski definition) is 5. The molecule has 16 heavy (non-hydrogen) atoms. The molecule has 0 bridgehead atoms. The molecular formula is C10H11N3O2S. The van der Waals surface area contributed by atoms with Gasteiger partial charge in [-0.1, -0.05) is 0 Å². The molecular weight excluding hydrogens is 226 g/mol. The third-order valence-electron chi connectivity index (χ3n) is 2.26. The zero-order chi connectivity index (χ0) is 11.5. The molecule has 1 N–H and O–H groups in total. The van der Waals surface area contributed by atoms with Crippen molar-refractivity contribution < 1.29 is 9.90 Å². The second kappa shape index (κ2) is 4.44. The van der Waals surface area contributed by atoms with Crippen molar-refractivity contribution in [2.24, 2.45) is 0 Å². The third-order valence-corrected chi connectivity index (χ3v) is 3.08. The van der Waals surface area contributed by atoms with Gasteiger partial charge in [0, 0.05) is 13.6 Å². The van der Waals surface area contributed by atoms with E-state index < -0.39 is 5.97 Å². The first-order valence-electron chi connectivity index (χ1n) is 4.79. The molecule has 0 aliphatic heterocycles. The molecule has 0 unspecified atom stereocenters. The molecule has 6 heteroatoms. The molecule has 0 aliphatic carbocycles. The predicted octanol–water partition coefficient (Wildman–Crippen LogP) is 1.60. The van der Waals surface area contributed by atoms with Gasteiger partial charge in [-0.3, -0.25) is 4.79 Å². The highest BCUT2D eigenvalue weighted by Gasteiger charge is 2.10. The van der Waals surface area contributed by atoms with Crippen LogP contribution in [0.15, 0.2) is 17.8 Å². The van der Waals surface area contributed by atoms with E-state index in [0.29, 0.717) is 6.54 Å². The van der Waals surface area contributed by atoms with Gasteiger partial charge in [0.15, 0.2) is 0 Å². The number of rotatable bonds is 4. The number of aromatic nitrogens is 2. The lowest BCUT2D eigenvalue weighted by Crippen LogP contribution is -2.22. The van der Waals surface area contributed by atoms with Crippen LogP contribution in [0.2, 0.25) is 0 Å². The normalized spacial score (nSPS) is 10.6. The molecule has 0 atom stereocenters. The summed E-state index contributed by atoms with van der Waals surface area (Å²) in [6, 6.07) is 1.95. The number of aliphatic carboxylic acids is 1. The lowest BCUT2D eigenvalue weighted by molar-refractivity contribution is -0.136. The van der Waals surface area contributed by atoms with Crippen LogP contribution in [0.25, 0.3) is 10.2 Å². The van der Waals surface area contributed by atoms with Crippen molar-refractivity contribution in [3.63, 3.8) is 0 Å². The maximum atomic E-state index is 10.5. The first-order chi connectivity index (χ1) is 7.68. The molecule has 0 amide bonds. The van der Waals surface area contributed by atoms with Gasteiger partial charge < -0.3 is 10.0 Å². The summed E-state index contributed by atoms with van der Waals surface area (Å²) in [7, 11) is 1.84. The second-order valence-corrected chi connectivity index (χ2v) is 4.30. The van der Waals surface area contributed by atoms with Gasteiger partial charge in [0.25, 0.3) is 0 Å². The minimum Gasteiger partial charge on any atom is -0.481 e. The molecule has 0 spiro atoms. The Kier molecular flexibility index (Phi) is 3.00. The van der Waals surface area contributed by atoms with Gasteiger partial charge in [-0.05, 0) is 11.4 Å². The van der Waals surface area contributed by atoms with Crippen LogP contribution in [0.1, 0.15) is 6.42 Å². The maximum absolute atomic E-state index is 10.5. The van der Waals surface area contributed by atoms with E-state index in [-0.39, 0.29) is 6.42 Å². The first-order valence-corrected chi connectivity index (χ1v) is 5.67. The van der Waals surface area contributed by atoms with Gasteiger partial charge in [-0.15, -0.1) is 11.3 Å². The van der Waals surface area contributed by atoms with Crippen LogP contribution in [0.5, 0.6) is 0 Å². The van der Waals surface area contributed by atoms with Gasteiger partial charge in [0.05, 0.1) is 11.8 Å². The Bertz CT molecular complexity index is 511. The number of carboxylic acid groups (broad SMARTS) is 1. The van der Waals surface area contributed by atoms with E-state index in [1.165, 1.54) is 6.33 Å². The lowest BCUT2D eigenvalue weighted by Gasteiger charge is -2.17. The van der Waals surface area contributed by atoms with Crippen molar-refractivity contribution in [3.05, 3.63) is 17.8 Å². The third kappa shape index (κ3) is 2.11. The summed E-state index contributed by atoms with van der Waals surface area (Å²) in [6.45, 7) is 0.442. The minimum atomic E-state index is -0.803. The van der Waals surface area contributed by atoms with Crippen molar-refractivity contribution in [1.82, 2.24) is 9.97 Å². The van der Waals surface area contributed by atoms with Crippen molar-refractivity contribution >= 4 is 33.3 Å². The molecule has 2 aromatic heterocycles. The van der Waals surface area contributed by atoms with Crippen LogP contribution in [-0.4, -0.2) is 34.6 Å². The molecule has 0 aromatic carbocycles. The summed E-state index contributed by atoms with van der Waals surface area (Å²) in [5, 5.41) is 11.6. The molecule has 2 heterocycles. The molecule has 0 saturated heterocycles. The number of thiophene rings is 1. The van der Waals surface area contributed by atoms with Crippen LogP contribution >= 0.6 is 11.3 Å². The van der Waals surface area contributed by atoms with Gasteiger partial charge in [-0.2, -0.15) is 0 Å². The highest BCUT2D eigenvalue weighted by Crippen LogP contribution is 2.25. The van der Waals surface area contributed by atoms with Crippen molar-refractivity contribution in [1.29, 1.82) is 0 Å². The Morgan fingerprint density at radius 1 is 1.56 bits per heavy atom. The Labute approximate surface area is 96.4 Å². The van der Waals surface area contributed by atoms with Gasteiger partial charge in [0.2, 0.25) is 0 Å². The quantitative estimate of drug-likeness (QED) is 0.875. The van der Waals surface area contributed by atoms with Crippen LogP contribution in [0.3, 0.4) is 0 Å². The Balaban J connectivity index is 2.25. The van der Waals surface area contributed by atoms with E-state index in [2.05, 4.69) is 9.97 Å². The van der Waals surface area contributed by atoms with Crippen molar-refractivity contribution in [2.45, 2.75) is 6.42 Å². The Morgan fingerprint density at radius 2 is 2.38 bits per heavy atom. The highest BCUT2D eigenvalue weighted by atomic mass is 32.1. The summed E-state index contributed by atoms with van der Waals surface area (Å²) in [5.41, 5.74) is 0. The molecule has 0 fully saturated rings. The van der Waals surface area contributed by atoms with Crippen LogP contribution in [-0.2, 0) is 4.79 Å². The molecule has 0 radical (unpaired) electrons. The average Bonchev–Trinajstić information content (AvgIpc) is 2.73. The van der Waals surface area contributed by atoms with Crippen LogP contribution in [0.4, 0.5) is 5.82 Å². The zero-order valence-electron chi connectivity index (χ0n) is 8.75. The molecule has 5 nitrogen and oxygen atoms in total. The fourth-order valence-electron chi connectivity index (χ4n) is 1.45. The van der Waals surface area contributed by atoms with E-state index in [1.807, 2.05) is 23.4 Å². The predicted molar refractivity (Wildman–Crippen MR) is 62.9 cm³/mol. The Hall–Kier alpha value is -1.69. The number of carboxylic acids is 1. The largest absolute Gasteiger partial charge is 0.481 e. The standard InChI is InChI=1S/C10H11N3O2S/c1-13(4-2-8(14)15)9-7-3-5-16-10(7)12-6-11-9/h3,5-6H,2,4H2,1H3,(H,14,15). The second-order valence-electron chi connectivity index (χ2n) is 3.40. The monoisotopic (exact) mass is 237 g/mol. The zero-order valence-corrected chi connectivity index (χ0v) is 9.57. The first kappa shape index (κ1) is 10.8. The van der Waals surface area contributed by atoms with Crippen molar-refractivity contribution in [2.75, 3.05) is 18.5 Å². The smallest absolute Gasteiger partial charge is 0.305 e. The summed E-state index contributed by atoms with van der Waals surface area (Å²) in [5.74, 6) is -0.0185. The van der Waals surface area contributed by atoms with E-state index in [0.717, 1.165) is 16.0 Å². The molecule has 0 aliphatic rings. The summed E-state index contributed by atoms with van der Waals surface area (Å²) < 4.78 is 0. The number of nitrogens with zero attached hydrogens (tertiary/aromatic N) is 3. The lowest BCUT2D eigenvalue weighted by atomic mass is 10.3. The summed E-state index contributed by atoms with van der Waals surface area (Å²) >= 11 is 1.55. The maximum Gasteiger partial charge on any atom is 0.305 e. The highest BCUT2D eigenvalue weighted by molar-refractivity contribution is 7.16. The van der Waals surface area contributed by atoms with Crippen molar-refractivity contribution in [3.8, 4) is 0 Å². The molecule has 2 rings (SSSR count). The summed E-state index contributed by atoms with van der Waals surface area (Å²) in [6.07, 6.45) is 1.61. The minimum absolute atomic E-state index is 0.103. The topological polar surface area (TPSA) is 66.3 Å². The van der Waals surface area contributed by atoms with Crippen LogP contribution in [0, 0.1) is 0 Å². The number of carbonyl (C=O) groups is 1. The van der Waals surface area contributed by atoms with E-state index in [1.54, 1.807) is 11.3 Å². The fourth-order valence-corrected chi connectivity index (χ4v) is 2.18. The van der Waals surface area contributed by atoms with Crippen LogP contribution < -0.4 is 4.90 Å². The number of hydrogen-bond donors (Lipinski definition) is 1. The SMILES string of the molecule is CN(CCC(=O)O)c1ncnc2sccc12.